The molecule has 4 heteroatoms. The van der Waals surface area contributed by atoms with Crippen LogP contribution in [0.4, 0.5) is 0 Å². The summed E-state index contributed by atoms with van der Waals surface area (Å²) in [5.41, 5.74) is 8.19. The van der Waals surface area contributed by atoms with Gasteiger partial charge in [-0.3, -0.25) is 4.79 Å². The number of amides is 1. The number of rotatable bonds is 7. The van der Waals surface area contributed by atoms with Gasteiger partial charge in [0.25, 0.3) is 0 Å². The van der Waals surface area contributed by atoms with E-state index in [9.17, 15) is 4.79 Å². The van der Waals surface area contributed by atoms with Crippen LogP contribution in [0.1, 0.15) is 32.3 Å². The lowest BCUT2D eigenvalue weighted by Gasteiger charge is -2.12. The van der Waals surface area contributed by atoms with Crippen LogP contribution in [-0.2, 0) is 11.2 Å². The molecule has 114 valence electrons. The number of nitrogens with one attached hydrogen (secondary N) is 2. The first-order chi connectivity index (χ1) is 10.1. The molecule has 2 rings (SSSR count). The minimum atomic E-state index is -0.497. The van der Waals surface area contributed by atoms with Gasteiger partial charge in [0.2, 0.25) is 5.91 Å². The molecule has 0 saturated carbocycles. The van der Waals surface area contributed by atoms with Gasteiger partial charge >= 0.3 is 0 Å². The van der Waals surface area contributed by atoms with E-state index in [1.165, 1.54) is 0 Å². The summed E-state index contributed by atoms with van der Waals surface area (Å²) in [6, 6.07) is 7.56. The highest BCUT2D eigenvalue weighted by molar-refractivity contribution is 5.86. The Morgan fingerprint density at radius 2 is 2.10 bits per heavy atom. The molecule has 0 aliphatic heterocycles. The van der Waals surface area contributed by atoms with Crippen LogP contribution < -0.4 is 11.1 Å². The highest BCUT2D eigenvalue weighted by atomic mass is 16.2. The van der Waals surface area contributed by atoms with Crippen LogP contribution in [0.5, 0.6) is 0 Å². The largest absolute Gasteiger partial charge is 0.361 e. The topological polar surface area (TPSA) is 70.9 Å². The molecule has 0 fully saturated rings. The Bertz CT molecular complexity index is 588. The number of aromatic nitrogens is 1. The number of hydrogen-bond donors (Lipinski definition) is 3. The third kappa shape index (κ3) is 4.33. The summed E-state index contributed by atoms with van der Waals surface area (Å²) >= 11 is 0. The number of aromatic amines is 1. The molecule has 0 spiro atoms. The molecule has 4 nitrogen and oxygen atoms in total. The molecule has 1 heterocycles. The fourth-order valence-corrected chi connectivity index (χ4v) is 2.48. The summed E-state index contributed by atoms with van der Waals surface area (Å²) in [5, 5.41) is 4.06. The second kappa shape index (κ2) is 7.27. The number of carbonyl (C=O) groups excluding carboxylic acids is 1. The van der Waals surface area contributed by atoms with Gasteiger partial charge in [-0.05, 0) is 36.8 Å². The molecule has 1 amide bonds. The predicted molar refractivity (Wildman–Crippen MR) is 87.1 cm³/mol. The number of nitrogens with two attached hydrogens (primary N) is 1. The van der Waals surface area contributed by atoms with Crippen LogP contribution in [0.3, 0.4) is 0 Å². The van der Waals surface area contributed by atoms with E-state index in [1.54, 1.807) is 0 Å². The first-order valence-electron chi connectivity index (χ1n) is 7.66. The maximum absolute atomic E-state index is 12.0. The number of carbonyl (C=O) groups is 1. The van der Waals surface area contributed by atoms with E-state index in [1.807, 2.05) is 24.4 Å². The van der Waals surface area contributed by atoms with Crippen LogP contribution in [0.25, 0.3) is 10.9 Å². The molecule has 0 radical (unpaired) electrons. The van der Waals surface area contributed by atoms with Gasteiger partial charge in [-0.15, -0.1) is 0 Å². The minimum Gasteiger partial charge on any atom is -0.361 e. The third-order valence-electron chi connectivity index (χ3n) is 3.71. The van der Waals surface area contributed by atoms with Crippen molar-refractivity contribution in [3.05, 3.63) is 36.0 Å². The van der Waals surface area contributed by atoms with E-state index in [4.69, 9.17) is 5.73 Å². The Hall–Kier alpha value is -1.81. The highest BCUT2D eigenvalue weighted by Gasteiger charge is 2.15. The average molecular weight is 287 g/mol. The second-order valence-corrected chi connectivity index (χ2v) is 6.00. The molecule has 1 aromatic heterocycles. The van der Waals surface area contributed by atoms with Crippen molar-refractivity contribution in [2.24, 2.45) is 11.7 Å². The molecule has 21 heavy (non-hydrogen) atoms. The van der Waals surface area contributed by atoms with E-state index in [2.05, 4.69) is 30.2 Å². The minimum absolute atomic E-state index is 0.0657. The van der Waals surface area contributed by atoms with Gasteiger partial charge in [0.15, 0.2) is 0 Å². The summed E-state index contributed by atoms with van der Waals surface area (Å²) in [5.74, 6) is 0.603. The second-order valence-electron chi connectivity index (χ2n) is 6.00. The normalized spacial score (nSPS) is 12.8. The van der Waals surface area contributed by atoms with E-state index in [-0.39, 0.29) is 5.91 Å². The van der Waals surface area contributed by atoms with Crippen molar-refractivity contribution < 1.29 is 4.79 Å². The fraction of sp³-hybridized carbons (Fsp3) is 0.471. The Morgan fingerprint density at radius 1 is 1.33 bits per heavy atom. The lowest BCUT2D eigenvalue weighted by atomic mass is 10.0. The first kappa shape index (κ1) is 15.6. The zero-order valence-corrected chi connectivity index (χ0v) is 12.9. The summed E-state index contributed by atoms with van der Waals surface area (Å²) in [6.07, 6.45) is 4.62. The molecule has 2 aromatic rings. The monoisotopic (exact) mass is 287 g/mol. The van der Waals surface area contributed by atoms with Gasteiger partial charge < -0.3 is 16.0 Å². The Kier molecular flexibility index (Phi) is 5.39. The number of fused-ring (bicyclic) bond motifs is 1. The first-order valence-corrected chi connectivity index (χ1v) is 7.66. The number of para-hydroxylation sites is 1. The van der Waals surface area contributed by atoms with Crippen LogP contribution in [0.2, 0.25) is 0 Å². The standard InChI is InChI=1S/C17H25N3O/c1-12(2)6-5-9-19-17(21)15(18)10-13-11-20-16-8-4-3-7-14(13)16/h3-4,7-8,11-12,15,20H,5-6,9-10,18H2,1-2H3,(H,19,21)/t15-/m1/s1. The predicted octanol–water partition coefficient (Wildman–Crippen LogP) is 2.59. The number of benzene rings is 1. The third-order valence-corrected chi connectivity index (χ3v) is 3.71. The van der Waals surface area contributed by atoms with Crippen LogP contribution in [-0.4, -0.2) is 23.5 Å². The van der Waals surface area contributed by atoms with Crippen molar-refractivity contribution >= 4 is 16.8 Å². The summed E-state index contributed by atoms with van der Waals surface area (Å²) < 4.78 is 0. The van der Waals surface area contributed by atoms with Gasteiger partial charge in [-0.2, -0.15) is 0 Å². The van der Waals surface area contributed by atoms with Gasteiger partial charge in [0.1, 0.15) is 0 Å². The molecule has 4 N–H and O–H groups in total. The molecule has 1 atom stereocenters. The highest BCUT2D eigenvalue weighted by Crippen LogP contribution is 2.18. The van der Waals surface area contributed by atoms with Crippen molar-refractivity contribution in [1.82, 2.24) is 10.3 Å². The molecular weight excluding hydrogens is 262 g/mol. The average Bonchev–Trinajstić information content (AvgIpc) is 2.86. The molecule has 0 saturated heterocycles. The van der Waals surface area contributed by atoms with E-state index in [0.717, 1.165) is 29.3 Å². The SMILES string of the molecule is CC(C)CCCNC(=O)[C@H](N)Cc1c[nH]c2ccccc12. The number of hydrogen-bond acceptors (Lipinski definition) is 2. The van der Waals surface area contributed by atoms with Gasteiger partial charge in [0.05, 0.1) is 6.04 Å². The van der Waals surface area contributed by atoms with E-state index < -0.39 is 6.04 Å². The van der Waals surface area contributed by atoms with Gasteiger partial charge in [-0.25, -0.2) is 0 Å². The van der Waals surface area contributed by atoms with Gasteiger partial charge in [-0.1, -0.05) is 32.0 Å². The molecule has 0 aliphatic carbocycles. The smallest absolute Gasteiger partial charge is 0.237 e. The molecule has 1 aromatic carbocycles. The molecular formula is C17H25N3O. The van der Waals surface area contributed by atoms with E-state index >= 15 is 0 Å². The Morgan fingerprint density at radius 3 is 2.86 bits per heavy atom. The van der Waals surface area contributed by atoms with Crippen molar-refractivity contribution in [3.8, 4) is 0 Å². The zero-order valence-electron chi connectivity index (χ0n) is 12.9. The zero-order chi connectivity index (χ0) is 15.2. The van der Waals surface area contributed by atoms with E-state index in [0.29, 0.717) is 18.9 Å². The van der Waals surface area contributed by atoms with Crippen LogP contribution in [0.15, 0.2) is 30.5 Å². The summed E-state index contributed by atoms with van der Waals surface area (Å²) in [6.45, 7) is 5.08. The molecule has 0 aliphatic rings. The number of H-pyrrole nitrogens is 1. The molecule has 0 unspecified atom stereocenters. The quantitative estimate of drug-likeness (QED) is 0.685. The summed E-state index contributed by atoms with van der Waals surface area (Å²) in [4.78, 5) is 15.2. The maximum Gasteiger partial charge on any atom is 0.237 e. The van der Waals surface area contributed by atoms with Crippen molar-refractivity contribution in [3.63, 3.8) is 0 Å². The van der Waals surface area contributed by atoms with Crippen molar-refractivity contribution in [1.29, 1.82) is 0 Å². The fourth-order valence-electron chi connectivity index (χ4n) is 2.48. The Balaban J connectivity index is 1.86. The van der Waals surface area contributed by atoms with Crippen LogP contribution in [0, 0.1) is 5.92 Å². The molecule has 0 bridgehead atoms. The van der Waals surface area contributed by atoms with Crippen molar-refractivity contribution in [2.45, 2.75) is 39.2 Å². The maximum atomic E-state index is 12.0. The lowest BCUT2D eigenvalue weighted by molar-refractivity contribution is -0.122. The Labute approximate surface area is 126 Å². The lowest BCUT2D eigenvalue weighted by Crippen LogP contribution is -2.42. The van der Waals surface area contributed by atoms with Crippen molar-refractivity contribution in [2.75, 3.05) is 6.54 Å². The summed E-state index contributed by atoms with van der Waals surface area (Å²) in [7, 11) is 0. The van der Waals surface area contributed by atoms with Crippen LogP contribution >= 0.6 is 0 Å². The van der Waals surface area contributed by atoms with Gasteiger partial charge in [0, 0.05) is 23.6 Å².